The van der Waals surface area contributed by atoms with E-state index in [-0.39, 0.29) is 43.5 Å². The number of ether oxygens (including phenoxy) is 2. The van der Waals surface area contributed by atoms with E-state index < -0.39 is 28.9 Å². The Balaban J connectivity index is 0.871. The highest BCUT2D eigenvalue weighted by Gasteiger charge is 2.50. The van der Waals surface area contributed by atoms with E-state index in [1.54, 1.807) is 28.4 Å². The Labute approximate surface area is 402 Å². The molecule has 0 spiro atoms. The number of likely N-dealkylation sites (tertiary alicyclic amines) is 1. The topological polar surface area (TPSA) is 138 Å². The van der Waals surface area contributed by atoms with Crippen LogP contribution >= 0.6 is 23.6 Å². The maximum atomic E-state index is 14.1. The molecule has 3 atom stereocenters. The van der Waals surface area contributed by atoms with E-state index in [1.165, 1.54) is 4.90 Å². The lowest BCUT2D eigenvalue weighted by molar-refractivity contribution is -0.144. The Bertz CT molecular complexity index is 2690. The molecule has 15 heteroatoms. The Hall–Kier alpha value is -6.47. The standard InChI is InChI=1S/C52H57N7O6S2/c1-32-26-43(47(61)54-28-35-10-12-38(13-11-35)45-34(3)55-31-67-45)57(29-32)48(62)46(51(4,5)6)56-44(60)30-64-24-25-65-41-21-16-37(17-22-41)36-14-18-39(19-15-36)59-50(66)58(49(63)52(59,7)8)40-20-23-42(53-9)33(2)27-40/h10-23,27,31-32,43,46H,24-26,28-30H2,1-8H3,(H,54,61)(H,56,60)/t32-,43+,46-/m1/s1. The van der Waals surface area contributed by atoms with Crippen molar-refractivity contribution >= 4 is 69.4 Å². The van der Waals surface area contributed by atoms with Crippen molar-refractivity contribution in [1.29, 1.82) is 0 Å². The van der Waals surface area contributed by atoms with Gasteiger partial charge < -0.3 is 29.9 Å². The van der Waals surface area contributed by atoms with Crippen LogP contribution in [0.4, 0.5) is 17.1 Å². The van der Waals surface area contributed by atoms with Crippen molar-refractivity contribution in [1.82, 2.24) is 20.5 Å². The minimum absolute atomic E-state index is 0.117. The molecule has 0 saturated carbocycles. The van der Waals surface area contributed by atoms with E-state index in [1.807, 2.05) is 145 Å². The largest absolute Gasteiger partial charge is 0.491 e. The molecule has 0 unspecified atom stereocenters. The molecule has 4 amide bonds. The molecule has 2 N–H and O–H groups in total. The maximum Gasteiger partial charge on any atom is 0.259 e. The van der Waals surface area contributed by atoms with Crippen molar-refractivity contribution in [2.24, 2.45) is 11.3 Å². The minimum atomic E-state index is -0.930. The average molecular weight is 940 g/mol. The molecule has 0 bridgehead atoms. The quantitative estimate of drug-likeness (QED) is 0.0599. The lowest BCUT2D eigenvalue weighted by Gasteiger charge is -2.35. The summed E-state index contributed by atoms with van der Waals surface area (Å²) in [6.45, 7) is 23.4. The molecule has 2 fully saturated rings. The monoisotopic (exact) mass is 939 g/mol. The SMILES string of the molecule is [C-]#[N+]c1ccc(N2C(=O)C(C)(C)N(c3ccc(-c4ccc(OCCOCC(=O)N[C@H](C(=O)N5C[C@H](C)C[C@H]5C(=O)NCc5ccc(-c6scnc6C)cc5)C(C)(C)C)cc4)cc3)C2=S)cc1C. The van der Waals surface area contributed by atoms with Gasteiger partial charge in [0.1, 0.15) is 36.6 Å². The molecule has 13 nitrogen and oxygen atoms in total. The summed E-state index contributed by atoms with van der Waals surface area (Å²) in [5.74, 6) is -0.349. The molecular weight excluding hydrogens is 883 g/mol. The first-order chi connectivity index (χ1) is 31.9. The second-order valence-electron chi connectivity index (χ2n) is 18.8. The van der Waals surface area contributed by atoms with Gasteiger partial charge in [-0.25, -0.2) is 9.83 Å². The number of nitrogens with one attached hydrogen (secondary N) is 2. The van der Waals surface area contributed by atoms with Crippen LogP contribution in [0, 0.1) is 31.8 Å². The van der Waals surface area contributed by atoms with Gasteiger partial charge in [-0.1, -0.05) is 82.3 Å². The number of thiazole rings is 1. The molecule has 7 rings (SSSR count). The summed E-state index contributed by atoms with van der Waals surface area (Å²) in [5.41, 5.74) is 7.93. The number of benzene rings is 4. The molecule has 4 aromatic carbocycles. The van der Waals surface area contributed by atoms with Crippen LogP contribution in [0.2, 0.25) is 0 Å². The number of amides is 4. The molecule has 0 radical (unpaired) electrons. The Morgan fingerprint density at radius 3 is 2.19 bits per heavy atom. The lowest BCUT2D eigenvalue weighted by atomic mass is 9.85. The predicted octanol–water partition coefficient (Wildman–Crippen LogP) is 9.04. The molecule has 5 aromatic rings. The highest BCUT2D eigenvalue weighted by molar-refractivity contribution is 7.81. The second-order valence-corrected chi connectivity index (χ2v) is 20.0. The van der Waals surface area contributed by atoms with E-state index >= 15 is 0 Å². The van der Waals surface area contributed by atoms with Gasteiger partial charge in [-0.3, -0.25) is 24.1 Å². The minimum Gasteiger partial charge on any atom is -0.491 e. The number of anilines is 2. The summed E-state index contributed by atoms with van der Waals surface area (Å²) < 4.78 is 11.6. The number of nitrogens with zero attached hydrogens (tertiary/aromatic N) is 5. The summed E-state index contributed by atoms with van der Waals surface area (Å²) in [6, 6.07) is 27.3. The zero-order chi connectivity index (χ0) is 48.2. The number of hydrogen-bond acceptors (Lipinski definition) is 9. The van der Waals surface area contributed by atoms with Gasteiger partial charge in [-0.05, 0) is 122 Å². The summed E-state index contributed by atoms with van der Waals surface area (Å²) in [7, 11) is 0. The van der Waals surface area contributed by atoms with Gasteiger partial charge in [0.15, 0.2) is 10.8 Å². The van der Waals surface area contributed by atoms with Crippen molar-refractivity contribution < 1.29 is 28.7 Å². The van der Waals surface area contributed by atoms with Gasteiger partial charge in [-0.2, -0.15) is 0 Å². The number of hydrogen-bond donors (Lipinski definition) is 2. The number of thiocarbonyl (C=S) groups is 1. The van der Waals surface area contributed by atoms with Gasteiger partial charge in [0.05, 0.1) is 29.3 Å². The van der Waals surface area contributed by atoms with Crippen LogP contribution in [0.1, 0.15) is 64.8 Å². The highest BCUT2D eigenvalue weighted by Crippen LogP contribution is 2.39. The van der Waals surface area contributed by atoms with E-state index in [4.69, 9.17) is 28.3 Å². The first kappa shape index (κ1) is 48.5. The van der Waals surface area contributed by atoms with E-state index in [0.29, 0.717) is 41.7 Å². The normalized spacial score (nSPS) is 17.3. The Morgan fingerprint density at radius 1 is 0.940 bits per heavy atom. The zero-order valence-electron chi connectivity index (χ0n) is 39.2. The van der Waals surface area contributed by atoms with Crippen molar-refractivity contribution in [3.05, 3.63) is 125 Å². The van der Waals surface area contributed by atoms with Crippen LogP contribution in [0.5, 0.6) is 5.75 Å². The number of carbonyl (C=O) groups is 4. The van der Waals surface area contributed by atoms with Gasteiger partial charge in [0.25, 0.3) is 5.91 Å². The van der Waals surface area contributed by atoms with Gasteiger partial charge >= 0.3 is 0 Å². The number of aromatic nitrogens is 1. The van der Waals surface area contributed by atoms with Crippen LogP contribution in [0.15, 0.2) is 96.5 Å². The smallest absolute Gasteiger partial charge is 0.259 e. The third-order valence-electron chi connectivity index (χ3n) is 12.2. The van der Waals surface area contributed by atoms with E-state index in [0.717, 1.165) is 44.1 Å². The van der Waals surface area contributed by atoms with E-state index in [9.17, 15) is 19.2 Å². The number of aryl methyl sites for hydroxylation is 2. The summed E-state index contributed by atoms with van der Waals surface area (Å²) in [4.78, 5) is 68.5. The molecule has 348 valence electrons. The molecule has 67 heavy (non-hydrogen) atoms. The van der Waals surface area contributed by atoms with Crippen LogP contribution in [-0.2, 0) is 30.5 Å². The van der Waals surface area contributed by atoms with Gasteiger partial charge in [-0.15, -0.1) is 11.3 Å². The molecule has 2 saturated heterocycles. The van der Waals surface area contributed by atoms with Crippen LogP contribution in [0.25, 0.3) is 26.4 Å². The van der Waals surface area contributed by atoms with Crippen LogP contribution in [-0.4, -0.2) is 82.6 Å². The molecule has 0 aliphatic carbocycles. The highest BCUT2D eigenvalue weighted by atomic mass is 32.1. The fraction of sp³-hybridized carbons (Fsp3) is 0.365. The maximum absolute atomic E-state index is 14.1. The van der Waals surface area contributed by atoms with E-state index in [2.05, 4.69) is 20.5 Å². The number of carbonyl (C=O) groups excluding carboxylic acids is 4. The van der Waals surface area contributed by atoms with Gasteiger partial charge in [0, 0.05) is 24.5 Å². The van der Waals surface area contributed by atoms with Crippen molar-refractivity contribution in [3.63, 3.8) is 0 Å². The van der Waals surface area contributed by atoms with Crippen LogP contribution in [0.3, 0.4) is 0 Å². The third kappa shape index (κ3) is 10.7. The Morgan fingerprint density at radius 2 is 1.58 bits per heavy atom. The first-order valence-electron chi connectivity index (χ1n) is 22.3. The Kier molecular flexibility index (Phi) is 14.6. The van der Waals surface area contributed by atoms with Crippen molar-refractivity contribution in [2.45, 2.75) is 86.0 Å². The lowest BCUT2D eigenvalue weighted by Crippen LogP contribution is -2.58. The van der Waals surface area contributed by atoms with Crippen molar-refractivity contribution in [2.75, 3.05) is 36.2 Å². The second kappa shape index (κ2) is 20.2. The molecular formula is C52H57N7O6S2. The first-order valence-corrected chi connectivity index (χ1v) is 23.6. The molecule has 2 aliphatic rings. The van der Waals surface area contributed by atoms with Crippen molar-refractivity contribution in [3.8, 4) is 27.3 Å². The fourth-order valence-corrected chi connectivity index (χ4v) is 9.84. The molecule has 2 aliphatic heterocycles. The third-order valence-corrected chi connectivity index (χ3v) is 13.6. The van der Waals surface area contributed by atoms with Gasteiger partial charge in [0.2, 0.25) is 17.7 Å². The molecule has 1 aromatic heterocycles. The summed E-state index contributed by atoms with van der Waals surface area (Å²) in [6.07, 6.45) is 0.533. The zero-order valence-corrected chi connectivity index (χ0v) is 40.8. The molecule has 3 heterocycles. The average Bonchev–Trinajstić information content (AvgIpc) is 3.96. The predicted molar refractivity (Wildman–Crippen MR) is 267 cm³/mol. The summed E-state index contributed by atoms with van der Waals surface area (Å²) in [5, 5.41) is 6.30. The summed E-state index contributed by atoms with van der Waals surface area (Å²) >= 11 is 7.46. The fourth-order valence-electron chi connectivity index (χ4n) is 8.51. The number of rotatable bonds is 15. The van der Waals surface area contributed by atoms with Crippen LogP contribution < -0.4 is 25.2 Å².